The van der Waals surface area contributed by atoms with Gasteiger partial charge >= 0.3 is 40.8 Å². The van der Waals surface area contributed by atoms with Gasteiger partial charge in [0.05, 0.1) is 0 Å². The van der Waals surface area contributed by atoms with E-state index in [2.05, 4.69) is 249 Å². The Morgan fingerprint density at radius 2 is 0.321 bits per heavy atom. The maximum atomic E-state index is 12.6. The van der Waals surface area contributed by atoms with Crippen LogP contribution in [0.4, 0.5) is 0 Å². The molecule has 0 fully saturated rings. The molecule has 3 aliphatic rings. The molecule has 0 aromatic heterocycles. The molecule has 9 rings (SSSR count). The summed E-state index contributed by atoms with van der Waals surface area (Å²) in [5.74, 6) is 2.06. The fourth-order valence-corrected chi connectivity index (χ4v) is 16.6. The topological polar surface area (TPSA) is 231 Å². The van der Waals surface area contributed by atoms with Gasteiger partial charge in [-0.1, -0.05) is 286 Å². The summed E-state index contributed by atoms with van der Waals surface area (Å²) in [7, 11) is -14.8. The van der Waals surface area contributed by atoms with Crippen molar-refractivity contribution in [3.63, 3.8) is 0 Å². The van der Waals surface area contributed by atoms with Gasteiger partial charge in [-0.05, 0) is 187 Å². The average molecular weight is 1580 g/mol. The molecule has 6 aromatic carbocycles. The molecule has 18 nitrogen and oxygen atoms in total. The second-order valence-electron chi connectivity index (χ2n) is 41.6. The van der Waals surface area contributed by atoms with Crippen molar-refractivity contribution in [1.82, 2.24) is 0 Å². The van der Waals surface area contributed by atoms with Gasteiger partial charge in [-0.2, -0.15) is 0 Å². The Bertz CT molecular complexity index is 3750. The Morgan fingerprint density at radius 1 is 0.211 bits per heavy atom. The standard InChI is InChI=1S/3C29H43O6P.Al/c3*1-26(2,3)20-13-15-22-24(28(7,8)9)18(20)17-19-21(27(4,5)6)14-16-23(25(19)29(10,11)12)33-35-36(30,31)34-32-22;/h3*13-16H,17H2,1-12H3,(H,30,31);/q;;;+3/p-3. The van der Waals surface area contributed by atoms with Gasteiger partial charge in [0.15, 0.2) is 34.5 Å². The van der Waals surface area contributed by atoms with Crippen LogP contribution in [-0.4, -0.2) is 17.4 Å². The van der Waals surface area contributed by atoms with E-state index in [0.29, 0.717) is 53.8 Å². The van der Waals surface area contributed by atoms with Crippen molar-refractivity contribution < 1.29 is 85.7 Å². The first kappa shape index (κ1) is 92.8. The summed E-state index contributed by atoms with van der Waals surface area (Å²) in [5.41, 5.74) is 15.9. The van der Waals surface area contributed by atoms with Crippen molar-refractivity contribution in [3.8, 4) is 34.5 Å². The van der Waals surface area contributed by atoms with Crippen molar-refractivity contribution in [2.45, 2.75) is 333 Å². The van der Waals surface area contributed by atoms with E-state index in [1.165, 1.54) is 33.4 Å². The van der Waals surface area contributed by atoms with E-state index in [0.717, 1.165) is 66.8 Å². The molecule has 0 atom stereocenters. The van der Waals surface area contributed by atoms with E-state index in [4.69, 9.17) is 57.4 Å². The molecule has 0 spiro atoms. The van der Waals surface area contributed by atoms with Crippen LogP contribution in [-0.2, 0) is 126 Å². The first-order valence-corrected chi connectivity index (χ1v) is 41.9. The molecule has 0 saturated heterocycles. The summed E-state index contributed by atoms with van der Waals surface area (Å²) in [6.45, 7) is 77.1. The smallest absolute Gasteiger partial charge is 0.751 e. The van der Waals surface area contributed by atoms with E-state index in [-0.39, 0.29) is 82.3 Å². The molecule has 0 N–H and O–H groups in total. The molecule has 0 unspecified atom stereocenters. The fraction of sp³-hybridized carbons (Fsp3) is 0.586. The van der Waals surface area contributed by atoms with Crippen molar-refractivity contribution >= 4 is 40.8 Å². The van der Waals surface area contributed by atoms with E-state index in [1.54, 1.807) is 36.4 Å². The van der Waals surface area contributed by atoms with Crippen LogP contribution >= 0.6 is 23.5 Å². The minimum atomic E-state index is -4.95. The van der Waals surface area contributed by atoms with Gasteiger partial charge in [0.25, 0.3) is 0 Å². The average Bonchev–Trinajstić information content (AvgIpc) is 0.751. The second kappa shape index (κ2) is 31.6. The normalized spacial score (nSPS) is 16.8. The third kappa shape index (κ3) is 22.3. The van der Waals surface area contributed by atoms with Gasteiger partial charge in [0, 0.05) is 33.4 Å². The third-order valence-corrected chi connectivity index (χ3v) is 20.9. The third-order valence-electron chi connectivity index (χ3n) is 19.4. The minimum Gasteiger partial charge on any atom is -0.751 e. The number of phosphoric acid groups is 3. The quantitative estimate of drug-likeness (QED) is 0.0781. The second-order valence-corrected chi connectivity index (χ2v) is 45.2. The molecule has 3 heterocycles. The zero-order valence-corrected chi connectivity index (χ0v) is 76.2. The molecule has 22 heteroatoms. The maximum absolute atomic E-state index is 12.6. The Balaban J connectivity index is 0.000000254. The van der Waals surface area contributed by atoms with Gasteiger partial charge in [-0.25, -0.2) is 0 Å². The number of hydrogen-bond donors (Lipinski definition) is 0. The summed E-state index contributed by atoms with van der Waals surface area (Å²) in [6, 6.07) is 22.8. The summed E-state index contributed by atoms with van der Waals surface area (Å²) < 4.78 is 66.7. The first-order chi connectivity index (χ1) is 48.4. The summed E-state index contributed by atoms with van der Waals surface area (Å²) >= 11 is 0. The first-order valence-electron chi connectivity index (χ1n) is 37.5. The van der Waals surface area contributed by atoms with Crippen LogP contribution < -0.4 is 44.0 Å². The zero-order chi connectivity index (χ0) is 82.4. The SMILES string of the molecule is CC(C)(C)c1ccc2c(C(C)(C)C)c1Cc1c(C(C)(C)C)ccc(c1C(C)(C)C)OOP(=O)([O-])OO2.CC(C)(C)c1ccc2c(C(C)(C)C)c1Cc1c(C(C)(C)C)ccc(c1C(C)(C)C)OOP(=O)([O-])OO2.CC(C)(C)c1ccc2c(C(C)(C)C)c1Cc1c(C(C)(C)C)ccc(c1C(C)(C)C)OOP(=O)([O-])OO2.[Al+3]. The monoisotopic (exact) mass is 1580 g/mol. The van der Waals surface area contributed by atoms with Gasteiger partial charge in [-0.3, -0.25) is 13.7 Å². The molecule has 0 amide bonds. The molecule has 0 aliphatic carbocycles. The van der Waals surface area contributed by atoms with Crippen LogP contribution in [0.5, 0.6) is 34.5 Å². The zero-order valence-electron chi connectivity index (χ0n) is 72.3. The van der Waals surface area contributed by atoms with Crippen LogP contribution in [0.15, 0.2) is 72.8 Å². The van der Waals surface area contributed by atoms with E-state index in [9.17, 15) is 28.4 Å². The molecule has 109 heavy (non-hydrogen) atoms. The van der Waals surface area contributed by atoms with Gasteiger partial charge in [0.2, 0.25) is 0 Å². The predicted octanol–water partition coefficient (Wildman–Crippen LogP) is 22.3. The largest absolute Gasteiger partial charge is 3.00 e. The van der Waals surface area contributed by atoms with E-state index in [1.807, 2.05) is 36.4 Å². The van der Waals surface area contributed by atoms with Crippen LogP contribution in [0.1, 0.15) is 349 Å². The molecule has 0 radical (unpaired) electrons. The van der Waals surface area contributed by atoms with E-state index < -0.39 is 23.5 Å². The number of hydrogen-bond acceptors (Lipinski definition) is 18. The van der Waals surface area contributed by atoms with Gasteiger partial charge in [0.1, 0.15) is 0 Å². The fourth-order valence-electron chi connectivity index (χ4n) is 15.5. The van der Waals surface area contributed by atoms with Crippen molar-refractivity contribution in [2.75, 3.05) is 0 Å². The molecule has 0 saturated carbocycles. The molecule has 12 bridgehead atoms. The Labute approximate surface area is 663 Å². The van der Waals surface area contributed by atoms with Crippen molar-refractivity contribution in [1.29, 1.82) is 0 Å². The van der Waals surface area contributed by atoms with Crippen LogP contribution in [0.25, 0.3) is 0 Å². The summed E-state index contributed by atoms with van der Waals surface area (Å²) in [5, 5.41) is 0. The molecule has 6 aromatic rings. The Kier molecular flexibility index (Phi) is 27.0. The molecular formula is C87H126AlO18P3. The Morgan fingerprint density at radius 3 is 0.413 bits per heavy atom. The maximum Gasteiger partial charge on any atom is 3.00 e. The van der Waals surface area contributed by atoms with Crippen LogP contribution in [0.2, 0.25) is 0 Å². The van der Waals surface area contributed by atoms with Crippen molar-refractivity contribution in [3.05, 3.63) is 173 Å². The van der Waals surface area contributed by atoms with E-state index >= 15 is 0 Å². The number of benzene rings is 6. The molecule has 3 aliphatic heterocycles. The summed E-state index contributed by atoms with van der Waals surface area (Å²) in [4.78, 5) is 70.4. The Hall–Kier alpha value is -5.02. The predicted molar refractivity (Wildman–Crippen MR) is 430 cm³/mol. The number of fused-ring (bicyclic) bond motifs is 12. The van der Waals surface area contributed by atoms with Crippen LogP contribution in [0.3, 0.4) is 0 Å². The van der Waals surface area contributed by atoms with Crippen molar-refractivity contribution in [2.24, 2.45) is 0 Å². The van der Waals surface area contributed by atoms with Gasteiger partial charge in [-0.15, -0.1) is 28.0 Å². The molecule has 600 valence electrons. The van der Waals surface area contributed by atoms with Gasteiger partial charge < -0.3 is 44.0 Å². The minimum absolute atomic E-state index is 0. The van der Waals surface area contributed by atoms with Crippen LogP contribution in [0, 0.1) is 0 Å². The number of rotatable bonds is 0. The molecular weight excluding hydrogens is 1450 g/mol. The summed E-state index contributed by atoms with van der Waals surface area (Å²) in [6.07, 6.45) is 1.84.